The monoisotopic (exact) mass is 158 g/mol. The molecular weight excluding hydrogens is 152 g/mol. The topological polar surface area (TPSA) is 74.6 Å². The summed E-state index contributed by atoms with van der Waals surface area (Å²) in [6, 6.07) is 0. The smallest absolute Gasteiger partial charge is 0.153 e. The second kappa shape index (κ2) is 4.13. The van der Waals surface area contributed by atoms with E-state index in [0.29, 0.717) is 0 Å². The Morgan fingerprint density at radius 3 is 1.38 bits per heavy atom. The maximum Gasteiger partial charge on any atom is 0.153 e. The van der Waals surface area contributed by atoms with E-state index >= 15 is 0 Å². The minimum absolute atomic E-state index is 0.136. The molecule has 0 saturated heterocycles. The van der Waals surface area contributed by atoms with Crippen LogP contribution >= 0.6 is 0 Å². The Bertz CT molecular complexity index is 96.6. The van der Waals surface area contributed by atoms with Crippen molar-refractivity contribution in [2.45, 2.75) is 0 Å². The summed E-state index contributed by atoms with van der Waals surface area (Å²) in [5, 5.41) is 0. The molecule has 50 valence electrons. The Morgan fingerprint density at radius 2 is 1.25 bits per heavy atom. The highest BCUT2D eigenvalue weighted by atomic mass is 32.2. The van der Waals surface area contributed by atoms with Crippen molar-refractivity contribution in [3.8, 4) is 0 Å². The van der Waals surface area contributed by atoms with Crippen LogP contribution in [0.4, 0.5) is 0 Å². The Labute approximate surface area is 51.9 Å². The van der Waals surface area contributed by atoms with Crippen LogP contribution in [0, 0.1) is 0 Å². The molecule has 0 fully saturated rings. The second-order valence-electron chi connectivity index (χ2n) is 1.05. The molecule has 0 rings (SSSR count). The number of hydrogen-bond acceptors (Lipinski definition) is 2. The van der Waals surface area contributed by atoms with Gasteiger partial charge in [-0.05, 0) is 0 Å². The van der Waals surface area contributed by atoms with E-state index in [-0.39, 0.29) is 11.5 Å². The molecule has 0 aliphatic carbocycles. The van der Waals surface area contributed by atoms with E-state index in [1.165, 1.54) is 0 Å². The van der Waals surface area contributed by atoms with Gasteiger partial charge in [-0.25, -0.2) is 8.42 Å². The molecule has 0 radical (unpaired) electrons. The third-order valence-electron chi connectivity index (χ3n) is 0.433. The Morgan fingerprint density at radius 1 is 1.00 bits per heavy atom. The van der Waals surface area contributed by atoms with Crippen LogP contribution in [0.3, 0.4) is 0 Å². The zero-order valence-corrected chi connectivity index (χ0v) is 5.57. The van der Waals surface area contributed by atoms with Gasteiger partial charge < -0.3 is 9.11 Å². The highest BCUT2D eigenvalue weighted by Crippen LogP contribution is 1.76. The van der Waals surface area contributed by atoms with Gasteiger partial charge >= 0.3 is 0 Å². The van der Waals surface area contributed by atoms with E-state index < -0.39 is 22.2 Å². The van der Waals surface area contributed by atoms with E-state index in [1.807, 2.05) is 0 Å². The van der Waals surface area contributed by atoms with Gasteiger partial charge in [-0.3, -0.25) is 0 Å². The molecule has 2 N–H and O–H groups in total. The van der Waals surface area contributed by atoms with E-state index in [2.05, 4.69) is 0 Å². The quantitative estimate of drug-likeness (QED) is 0.539. The molecule has 2 unspecified atom stereocenters. The van der Waals surface area contributed by atoms with Crippen LogP contribution < -0.4 is 0 Å². The molecule has 0 heterocycles. The molecule has 0 bridgehead atoms. The summed E-state index contributed by atoms with van der Waals surface area (Å²) >= 11 is -3.88. The molecule has 0 aromatic heterocycles. The molecular formula is C2H6O4S2. The molecule has 0 spiro atoms. The van der Waals surface area contributed by atoms with Gasteiger partial charge in [-0.1, -0.05) is 0 Å². The van der Waals surface area contributed by atoms with Crippen LogP contribution in [0.5, 0.6) is 0 Å². The van der Waals surface area contributed by atoms with Crippen LogP contribution in [0.2, 0.25) is 0 Å². The van der Waals surface area contributed by atoms with E-state index in [0.717, 1.165) is 0 Å². The predicted molar refractivity (Wildman–Crippen MR) is 31.3 cm³/mol. The number of hydrogen-bond donors (Lipinski definition) is 2. The van der Waals surface area contributed by atoms with Crippen molar-refractivity contribution in [1.82, 2.24) is 0 Å². The normalized spacial score (nSPS) is 17.8. The lowest BCUT2D eigenvalue weighted by molar-refractivity contribution is 0.555. The minimum atomic E-state index is -1.94. The van der Waals surface area contributed by atoms with Crippen molar-refractivity contribution in [3.63, 3.8) is 0 Å². The highest BCUT2D eigenvalue weighted by molar-refractivity contribution is 7.83. The third-order valence-corrected chi connectivity index (χ3v) is 1.80. The maximum absolute atomic E-state index is 9.77. The van der Waals surface area contributed by atoms with Crippen LogP contribution in [0.1, 0.15) is 0 Å². The summed E-state index contributed by atoms with van der Waals surface area (Å²) in [6.45, 7) is 0. The predicted octanol–water partition coefficient (Wildman–Crippen LogP) is -0.570. The standard InChI is InChI=1S/C2H6O4S2/c3-7(4)1-2-8(5)6/h1-2H2,(H,3,4)(H,5,6). The summed E-state index contributed by atoms with van der Waals surface area (Å²) in [6.07, 6.45) is 0. The van der Waals surface area contributed by atoms with Crippen molar-refractivity contribution in [1.29, 1.82) is 0 Å². The molecule has 0 aromatic rings. The van der Waals surface area contributed by atoms with Gasteiger partial charge in [0.15, 0.2) is 22.2 Å². The Balaban J connectivity index is 3.18. The summed E-state index contributed by atoms with van der Waals surface area (Å²) in [5.74, 6) is -0.272. The van der Waals surface area contributed by atoms with Crippen molar-refractivity contribution in [2.24, 2.45) is 0 Å². The molecule has 0 aliphatic heterocycles. The first kappa shape index (κ1) is 8.22. The van der Waals surface area contributed by atoms with E-state index in [1.54, 1.807) is 0 Å². The van der Waals surface area contributed by atoms with Crippen molar-refractivity contribution < 1.29 is 17.5 Å². The fourth-order valence-corrected chi connectivity index (χ4v) is 1.28. The van der Waals surface area contributed by atoms with Gasteiger partial charge in [0.1, 0.15) is 0 Å². The summed E-state index contributed by atoms with van der Waals surface area (Å²) in [4.78, 5) is 0. The van der Waals surface area contributed by atoms with E-state index in [4.69, 9.17) is 9.11 Å². The zero-order chi connectivity index (χ0) is 6.57. The van der Waals surface area contributed by atoms with Crippen LogP contribution in [-0.2, 0) is 22.2 Å². The lowest BCUT2D eigenvalue weighted by atomic mass is 11.0. The lowest BCUT2D eigenvalue weighted by Crippen LogP contribution is -2.05. The molecule has 2 atom stereocenters. The molecule has 0 aliphatic rings. The first-order valence-corrected chi connectivity index (χ1v) is 4.33. The van der Waals surface area contributed by atoms with Gasteiger partial charge in [0.05, 0.1) is 11.5 Å². The Kier molecular flexibility index (Phi) is 4.25. The van der Waals surface area contributed by atoms with E-state index in [9.17, 15) is 8.42 Å². The molecule has 8 heavy (non-hydrogen) atoms. The fourth-order valence-electron chi connectivity index (χ4n) is 0.143. The zero-order valence-electron chi connectivity index (χ0n) is 3.94. The minimum Gasteiger partial charge on any atom is -0.306 e. The van der Waals surface area contributed by atoms with Gasteiger partial charge in [-0.15, -0.1) is 0 Å². The van der Waals surface area contributed by atoms with Gasteiger partial charge in [0.25, 0.3) is 0 Å². The summed E-state index contributed by atoms with van der Waals surface area (Å²) in [5.41, 5.74) is 0. The Hall–Kier alpha value is 0.220. The van der Waals surface area contributed by atoms with Gasteiger partial charge in [0, 0.05) is 0 Å². The number of rotatable bonds is 3. The fraction of sp³-hybridized carbons (Fsp3) is 1.00. The van der Waals surface area contributed by atoms with Crippen molar-refractivity contribution in [3.05, 3.63) is 0 Å². The average molecular weight is 158 g/mol. The third kappa shape index (κ3) is 6.22. The SMILES string of the molecule is O=S(O)CCS(=O)O. The van der Waals surface area contributed by atoms with Crippen LogP contribution in [-0.4, -0.2) is 29.0 Å². The maximum atomic E-state index is 9.77. The molecule has 6 heteroatoms. The highest BCUT2D eigenvalue weighted by Gasteiger charge is 1.95. The van der Waals surface area contributed by atoms with Crippen LogP contribution in [0.15, 0.2) is 0 Å². The van der Waals surface area contributed by atoms with Gasteiger partial charge in [-0.2, -0.15) is 0 Å². The molecule has 0 aromatic carbocycles. The first-order valence-electron chi connectivity index (χ1n) is 1.78. The van der Waals surface area contributed by atoms with Crippen molar-refractivity contribution in [2.75, 3.05) is 11.5 Å². The van der Waals surface area contributed by atoms with Crippen LogP contribution in [0.25, 0.3) is 0 Å². The summed E-state index contributed by atoms with van der Waals surface area (Å²) in [7, 11) is 0. The average Bonchev–Trinajstić information content (AvgIpc) is 1.61. The first-order chi connectivity index (χ1) is 3.63. The second-order valence-corrected chi connectivity index (χ2v) is 3.15. The largest absolute Gasteiger partial charge is 0.306 e. The molecule has 0 saturated carbocycles. The summed E-state index contributed by atoms with van der Waals surface area (Å²) < 4.78 is 35.6. The molecule has 4 nitrogen and oxygen atoms in total. The molecule has 0 amide bonds. The van der Waals surface area contributed by atoms with Gasteiger partial charge in [0.2, 0.25) is 0 Å². The lowest BCUT2D eigenvalue weighted by Gasteiger charge is -1.87. The van der Waals surface area contributed by atoms with Crippen molar-refractivity contribution >= 4 is 22.2 Å².